The van der Waals surface area contributed by atoms with Gasteiger partial charge >= 0.3 is 0 Å². The smallest absolute Gasteiger partial charge is 0.246 e. The summed E-state index contributed by atoms with van der Waals surface area (Å²) in [7, 11) is 4.19. The molecule has 6 aromatic rings. The zero-order valence-electron chi connectivity index (χ0n) is 32.5. The number of likely N-dealkylation sites (N-methyl/N-ethyl adjacent to an activating group) is 1. The van der Waals surface area contributed by atoms with Gasteiger partial charge in [0, 0.05) is 51.0 Å². The molecule has 0 saturated carbocycles. The molecule has 8 heterocycles. The van der Waals surface area contributed by atoms with Gasteiger partial charge in [-0.15, -0.1) is 0 Å². The SMILES string of the molecule is CC(C)c1ccn2ncnc2c1.CC(C)c1ccnc2c1CCCN2C.CC(C)c1ccnc2c1OCCN2C.CC(C)c1ccnc2ocnc12. The lowest BCUT2D eigenvalue weighted by Crippen LogP contribution is -2.30. The molecule has 0 N–H and O–H groups in total. The molecule has 0 fully saturated rings. The van der Waals surface area contributed by atoms with E-state index in [-0.39, 0.29) is 0 Å². The molecule has 0 amide bonds. The van der Waals surface area contributed by atoms with Crippen molar-refractivity contribution in [3.8, 4) is 5.75 Å². The van der Waals surface area contributed by atoms with Crippen molar-refractivity contribution < 1.29 is 9.15 Å². The van der Waals surface area contributed by atoms with E-state index in [1.54, 1.807) is 17.0 Å². The summed E-state index contributed by atoms with van der Waals surface area (Å²) in [4.78, 5) is 25.5. The first-order valence-corrected chi connectivity index (χ1v) is 18.4. The van der Waals surface area contributed by atoms with E-state index in [0.29, 0.717) is 29.4 Å². The maximum Gasteiger partial charge on any atom is 0.246 e. The number of anilines is 2. The van der Waals surface area contributed by atoms with Gasteiger partial charge in [-0.25, -0.2) is 29.4 Å². The molecule has 0 bridgehead atoms. The van der Waals surface area contributed by atoms with E-state index in [9.17, 15) is 0 Å². The number of pyridine rings is 4. The summed E-state index contributed by atoms with van der Waals surface area (Å²) in [6.45, 7) is 20.3. The van der Waals surface area contributed by atoms with Crippen LogP contribution in [0.25, 0.3) is 16.9 Å². The van der Waals surface area contributed by atoms with Crippen LogP contribution in [0.4, 0.5) is 11.6 Å². The van der Waals surface area contributed by atoms with Crippen molar-refractivity contribution in [3.63, 3.8) is 0 Å². The van der Waals surface area contributed by atoms with Crippen molar-refractivity contribution in [2.45, 2.75) is 91.9 Å². The number of rotatable bonds is 4. The molecule has 276 valence electrons. The number of hydrogen-bond donors (Lipinski definition) is 0. The van der Waals surface area contributed by atoms with Crippen LogP contribution >= 0.6 is 0 Å². The Balaban J connectivity index is 0.000000134. The zero-order valence-corrected chi connectivity index (χ0v) is 32.5. The van der Waals surface area contributed by atoms with Crippen molar-refractivity contribution in [1.82, 2.24) is 34.5 Å². The monoisotopic (exact) mass is 705 g/mol. The second kappa shape index (κ2) is 17.4. The van der Waals surface area contributed by atoms with Crippen LogP contribution in [0.5, 0.6) is 5.75 Å². The molecule has 6 aromatic heterocycles. The minimum absolute atomic E-state index is 0.459. The molecule has 11 nitrogen and oxygen atoms in total. The number of oxazole rings is 1. The van der Waals surface area contributed by atoms with Crippen LogP contribution in [-0.2, 0) is 6.42 Å². The molecule has 0 atom stereocenters. The van der Waals surface area contributed by atoms with Gasteiger partial charge in [0.15, 0.2) is 23.6 Å². The number of nitrogens with zero attached hydrogens (tertiary/aromatic N) is 9. The van der Waals surface area contributed by atoms with Gasteiger partial charge in [0.1, 0.15) is 24.3 Å². The van der Waals surface area contributed by atoms with Gasteiger partial charge < -0.3 is 19.0 Å². The topological polar surface area (TPSA) is 111 Å². The summed E-state index contributed by atoms with van der Waals surface area (Å²) in [5, 5.41) is 4.02. The fourth-order valence-electron chi connectivity index (χ4n) is 6.39. The Morgan fingerprint density at radius 1 is 0.673 bits per heavy atom. The summed E-state index contributed by atoms with van der Waals surface area (Å²) in [6.07, 6.45) is 13.0. The Morgan fingerprint density at radius 3 is 2.04 bits per heavy atom. The maximum absolute atomic E-state index is 5.68. The van der Waals surface area contributed by atoms with Crippen molar-refractivity contribution in [3.05, 3.63) is 95.7 Å². The van der Waals surface area contributed by atoms with Gasteiger partial charge in [0.25, 0.3) is 0 Å². The van der Waals surface area contributed by atoms with Crippen LogP contribution in [0.1, 0.15) is 113 Å². The van der Waals surface area contributed by atoms with Crippen LogP contribution in [0.3, 0.4) is 0 Å². The van der Waals surface area contributed by atoms with Gasteiger partial charge in [-0.3, -0.25) is 0 Å². The molecule has 11 heteroatoms. The Labute approximate surface area is 308 Å². The average molecular weight is 706 g/mol. The van der Waals surface area contributed by atoms with Crippen LogP contribution < -0.4 is 14.5 Å². The molecule has 0 spiro atoms. The quantitative estimate of drug-likeness (QED) is 0.176. The van der Waals surface area contributed by atoms with Gasteiger partial charge in [0.05, 0.1) is 6.54 Å². The van der Waals surface area contributed by atoms with Gasteiger partial charge in [-0.2, -0.15) is 5.10 Å². The molecule has 52 heavy (non-hydrogen) atoms. The van der Waals surface area contributed by atoms with Crippen LogP contribution in [0, 0.1) is 0 Å². The molecule has 2 aliphatic heterocycles. The molecule has 0 unspecified atom stereocenters. The highest BCUT2D eigenvalue weighted by atomic mass is 16.5. The van der Waals surface area contributed by atoms with E-state index in [1.807, 2.05) is 30.7 Å². The molecule has 0 saturated heterocycles. The molecule has 0 radical (unpaired) electrons. The van der Waals surface area contributed by atoms with Crippen molar-refractivity contribution in [1.29, 1.82) is 0 Å². The highest BCUT2D eigenvalue weighted by molar-refractivity contribution is 5.72. The summed E-state index contributed by atoms with van der Waals surface area (Å²) in [6, 6.07) is 10.3. The molecular weight excluding hydrogens is 651 g/mol. The van der Waals surface area contributed by atoms with E-state index >= 15 is 0 Å². The van der Waals surface area contributed by atoms with Crippen LogP contribution in [0.2, 0.25) is 0 Å². The Morgan fingerprint density at radius 2 is 1.33 bits per heavy atom. The van der Waals surface area contributed by atoms with Crippen LogP contribution in [0.15, 0.2) is 72.3 Å². The number of ether oxygens (including phenoxy) is 1. The van der Waals surface area contributed by atoms with E-state index in [4.69, 9.17) is 9.15 Å². The lowest BCUT2D eigenvalue weighted by molar-refractivity contribution is 0.304. The number of aromatic nitrogens is 7. The minimum atomic E-state index is 0.459. The van der Waals surface area contributed by atoms with Crippen molar-refractivity contribution in [2.24, 2.45) is 0 Å². The first kappa shape index (κ1) is 38.2. The highest BCUT2D eigenvalue weighted by Gasteiger charge is 2.21. The number of hydrogen-bond acceptors (Lipinski definition) is 10. The average Bonchev–Trinajstić information content (AvgIpc) is 3.82. The van der Waals surface area contributed by atoms with E-state index in [1.165, 1.54) is 52.9 Å². The summed E-state index contributed by atoms with van der Waals surface area (Å²) in [5.74, 6) is 5.24. The largest absolute Gasteiger partial charge is 0.488 e. The predicted octanol–water partition coefficient (Wildman–Crippen LogP) is 8.82. The fourth-order valence-corrected chi connectivity index (χ4v) is 6.39. The zero-order chi connectivity index (χ0) is 37.4. The minimum Gasteiger partial charge on any atom is -0.488 e. The van der Waals surface area contributed by atoms with Crippen molar-refractivity contribution >= 4 is 28.5 Å². The molecule has 0 aliphatic carbocycles. The van der Waals surface area contributed by atoms with Gasteiger partial charge in [-0.1, -0.05) is 55.4 Å². The molecule has 0 aromatic carbocycles. The highest BCUT2D eigenvalue weighted by Crippen LogP contribution is 2.36. The third kappa shape index (κ3) is 9.05. The van der Waals surface area contributed by atoms with Crippen LogP contribution in [-0.4, -0.2) is 68.3 Å². The second-order valence-electron chi connectivity index (χ2n) is 14.6. The third-order valence-electron chi connectivity index (χ3n) is 9.41. The first-order valence-electron chi connectivity index (χ1n) is 18.4. The van der Waals surface area contributed by atoms with Gasteiger partial charge in [-0.05, 0) is 89.1 Å². The third-order valence-corrected chi connectivity index (χ3v) is 9.41. The Kier molecular flexibility index (Phi) is 12.8. The maximum atomic E-state index is 5.68. The standard InChI is InChI=1S/C12H18N2.C11H16N2O.C9H11N3.C9H10N2O/c1-9(2)10-6-7-13-12-11(10)5-4-8-14(12)3;1-8(2)9-4-5-12-11-10(9)14-7-6-13(11)3;1-7(2)8-3-4-12-9(5-8)10-6-11-12;1-6(2)7-3-4-10-9-8(7)11-5-12-9/h6-7,9H,4-5,8H2,1-3H3;4-5,8H,6-7H2,1-3H3;3-7H,1-2H3;3-6H,1-2H3. The van der Waals surface area contributed by atoms with Gasteiger partial charge in [0.2, 0.25) is 5.71 Å². The van der Waals surface area contributed by atoms with E-state index in [0.717, 1.165) is 42.4 Å². The molecule has 8 rings (SSSR count). The fraction of sp³-hybridized carbons (Fsp3) is 0.463. The van der Waals surface area contributed by atoms with Crippen molar-refractivity contribution in [2.75, 3.05) is 43.6 Å². The normalized spacial score (nSPS) is 13.6. The summed E-state index contributed by atoms with van der Waals surface area (Å²) in [5.41, 5.74) is 9.11. The second-order valence-corrected chi connectivity index (χ2v) is 14.6. The van der Waals surface area contributed by atoms with E-state index in [2.05, 4.69) is 128 Å². The summed E-state index contributed by atoms with van der Waals surface area (Å²) < 4.78 is 12.5. The molecular formula is C41H55N9O2. The Bertz CT molecular complexity index is 1940. The predicted molar refractivity (Wildman–Crippen MR) is 210 cm³/mol. The first-order chi connectivity index (χ1) is 25.0. The van der Waals surface area contributed by atoms with E-state index < -0.39 is 0 Å². The Hall–Kier alpha value is -5.06. The lowest BCUT2D eigenvalue weighted by atomic mass is 9.93. The number of fused-ring (bicyclic) bond motifs is 4. The molecule has 2 aliphatic rings. The lowest BCUT2D eigenvalue weighted by Gasteiger charge is -2.28. The summed E-state index contributed by atoms with van der Waals surface area (Å²) >= 11 is 0.